The molecule has 1 saturated heterocycles. The number of hydrogen-bond donors (Lipinski definition) is 1. The quantitative estimate of drug-likeness (QED) is 0.397. The lowest BCUT2D eigenvalue weighted by Crippen LogP contribution is -2.43. The van der Waals surface area contributed by atoms with E-state index in [2.05, 4.69) is 6.08 Å². The molecule has 0 spiro atoms. The van der Waals surface area contributed by atoms with E-state index in [1.807, 2.05) is 27.7 Å². The molecule has 0 radical (unpaired) electrons. The standard InChI is InChI=1S/C25H36O7/c1-14(2)20-17(11-15(3)9-8-10-25(4)23(32-25)21(20)26)31-24(27)16-12-18(28-5)22(30-7)19(13-16)29-6/h9,12-14,17,20-21,23,26H,8,10-11H2,1-7H3/b15-9+/t17-,20+,21+,23+,25-/m0/s1. The zero-order valence-electron chi connectivity index (χ0n) is 20.1. The normalized spacial score (nSPS) is 31.7. The Hall–Kier alpha value is -2.25. The number of aliphatic hydroxyl groups excluding tert-OH is 1. The minimum atomic E-state index is -0.719. The lowest BCUT2D eigenvalue weighted by atomic mass is 9.78. The number of fused-ring (bicyclic) bond motifs is 1. The van der Waals surface area contributed by atoms with Gasteiger partial charge in [0.2, 0.25) is 5.75 Å². The van der Waals surface area contributed by atoms with Gasteiger partial charge in [-0.1, -0.05) is 25.5 Å². The molecule has 3 rings (SSSR count). The van der Waals surface area contributed by atoms with Gasteiger partial charge in [-0.3, -0.25) is 0 Å². The van der Waals surface area contributed by atoms with E-state index in [1.165, 1.54) is 21.3 Å². The first kappa shape index (κ1) is 24.4. The van der Waals surface area contributed by atoms with Crippen LogP contribution in [0.25, 0.3) is 0 Å². The van der Waals surface area contributed by atoms with Gasteiger partial charge in [0, 0.05) is 12.3 Å². The third kappa shape index (κ3) is 4.89. The number of methoxy groups -OCH3 is 3. The van der Waals surface area contributed by atoms with Crippen molar-refractivity contribution in [3.63, 3.8) is 0 Å². The van der Waals surface area contributed by atoms with Gasteiger partial charge in [-0.25, -0.2) is 4.79 Å². The number of ether oxygens (including phenoxy) is 5. The molecule has 0 bridgehead atoms. The van der Waals surface area contributed by atoms with Gasteiger partial charge >= 0.3 is 5.97 Å². The molecule has 7 nitrogen and oxygen atoms in total. The largest absolute Gasteiger partial charge is 0.493 e. The molecule has 1 heterocycles. The highest BCUT2D eigenvalue weighted by atomic mass is 16.6. The molecule has 0 saturated carbocycles. The van der Waals surface area contributed by atoms with Crippen molar-refractivity contribution in [2.24, 2.45) is 11.8 Å². The van der Waals surface area contributed by atoms with Crippen LogP contribution < -0.4 is 14.2 Å². The number of epoxide rings is 1. The Labute approximate surface area is 190 Å². The second kappa shape index (κ2) is 9.71. The monoisotopic (exact) mass is 448 g/mol. The van der Waals surface area contributed by atoms with E-state index >= 15 is 0 Å². The highest BCUT2D eigenvalue weighted by molar-refractivity contribution is 5.91. The zero-order valence-corrected chi connectivity index (χ0v) is 20.1. The number of esters is 1. The summed E-state index contributed by atoms with van der Waals surface area (Å²) in [6.07, 6.45) is 3.00. The fraction of sp³-hybridized carbons (Fsp3) is 0.640. The van der Waals surface area contributed by atoms with Crippen LogP contribution in [-0.4, -0.2) is 56.3 Å². The molecule has 0 aromatic heterocycles. The van der Waals surface area contributed by atoms with Crippen molar-refractivity contribution in [1.82, 2.24) is 0 Å². The first-order chi connectivity index (χ1) is 15.1. The van der Waals surface area contributed by atoms with Crippen LogP contribution in [0.1, 0.15) is 57.3 Å². The summed E-state index contributed by atoms with van der Waals surface area (Å²) in [5, 5.41) is 11.2. The smallest absolute Gasteiger partial charge is 0.338 e. The van der Waals surface area contributed by atoms with E-state index in [0.29, 0.717) is 29.2 Å². The van der Waals surface area contributed by atoms with Gasteiger partial charge in [0.1, 0.15) is 12.2 Å². The fourth-order valence-electron chi connectivity index (χ4n) is 4.80. The van der Waals surface area contributed by atoms with Crippen LogP contribution in [0.4, 0.5) is 0 Å². The zero-order chi connectivity index (χ0) is 23.6. The van der Waals surface area contributed by atoms with Crippen LogP contribution in [0.5, 0.6) is 17.2 Å². The van der Waals surface area contributed by atoms with Crippen LogP contribution in [-0.2, 0) is 9.47 Å². The van der Waals surface area contributed by atoms with Crippen LogP contribution in [0.3, 0.4) is 0 Å². The molecular weight excluding hydrogens is 412 g/mol. The second-order valence-electron chi connectivity index (χ2n) is 9.31. The average molecular weight is 449 g/mol. The average Bonchev–Trinajstić information content (AvgIpc) is 3.43. The molecule has 7 heteroatoms. The first-order valence-corrected chi connectivity index (χ1v) is 11.2. The van der Waals surface area contributed by atoms with Crippen molar-refractivity contribution in [2.75, 3.05) is 21.3 Å². The summed E-state index contributed by atoms with van der Waals surface area (Å²) in [6.45, 7) is 8.16. The fourth-order valence-corrected chi connectivity index (χ4v) is 4.80. The lowest BCUT2D eigenvalue weighted by molar-refractivity contribution is -0.0419. The summed E-state index contributed by atoms with van der Waals surface area (Å²) in [7, 11) is 4.51. The Balaban J connectivity index is 1.93. The van der Waals surface area contributed by atoms with Crippen molar-refractivity contribution in [2.45, 2.75) is 70.9 Å². The van der Waals surface area contributed by atoms with Crippen molar-refractivity contribution >= 4 is 5.97 Å². The predicted molar refractivity (Wildman–Crippen MR) is 121 cm³/mol. The number of benzene rings is 1. The number of carbonyl (C=O) groups is 1. The molecule has 1 N–H and O–H groups in total. The van der Waals surface area contributed by atoms with Gasteiger partial charge in [0.05, 0.1) is 38.6 Å². The molecule has 32 heavy (non-hydrogen) atoms. The van der Waals surface area contributed by atoms with E-state index in [-0.39, 0.29) is 23.5 Å². The number of hydrogen-bond acceptors (Lipinski definition) is 7. The number of aliphatic hydroxyl groups is 1. The summed E-state index contributed by atoms with van der Waals surface area (Å²) < 4.78 is 28.1. The van der Waals surface area contributed by atoms with Crippen LogP contribution in [0, 0.1) is 11.8 Å². The summed E-state index contributed by atoms with van der Waals surface area (Å²) in [4.78, 5) is 13.2. The third-order valence-electron chi connectivity index (χ3n) is 6.66. The number of carbonyl (C=O) groups excluding carboxylic acids is 1. The van der Waals surface area contributed by atoms with Crippen LogP contribution >= 0.6 is 0 Å². The Kier molecular flexibility index (Phi) is 7.40. The van der Waals surface area contributed by atoms with Gasteiger partial charge in [-0.15, -0.1) is 0 Å². The topological polar surface area (TPSA) is 86.8 Å². The van der Waals surface area contributed by atoms with Crippen molar-refractivity contribution in [3.05, 3.63) is 29.3 Å². The minimum absolute atomic E-state index is 0.0865. The Morgan fingerprint density at radius 1 is 1.16 bits per heavy atom. The molecule has 1 aromatic rings. The Morgan fingerprint density at radius 2 is 1.78 bits per heavy atom. The van der Waals surface area contributed by atoms with E-state index in [0.717, 1.165) is 18.4 Å². The molecule has 5 atom stereocenters. The van der Waals surface area contributed by atoms with Crippen LogP contribution in [0.2, 0.25) is 0 Å². The Bertz CT molecular complexity index is 837. The van der Waals surface area contributed by atoms with Gasteiger partial charge in [-0.2, -0.15) is 0 Å². The van der Waals surface area contributed by atoms with Gasteiger partial charge in [0.15, 0.2) is 11.5 Å². The van der Waals surface area contributed by atoms with Crippen molar-refractivity contribution in [1.29, 1.82) is 0 Å². The molecule has 1 aliphatic heterocycles. The summed E-state index contributed by atoms with van der Waals surface area (Å²) in [5.41, 5.74) is 1.10. The number of rotatable bonds is 6. The highest BCUT2D eigenvalue weighted by Crippen LogP contribution is 2.47. The molecule has 1 fully saturated rings. The van der Waals surface area contributed by atoms with E-state index in [4.69, 9.17) is 23.7 Å². The molecule has 2 aliphatic rings. The molecule has 0 amide bonds. The SMILES string of the molecule is COc1cc(C(=O)O[C@H]2C/C(C)=C/CC[C@]3(C)O[C@@H]3[C@H](O)[C@@H]2C(C)C)cc(OC)c1OC. The summed E-state index contributed by atoms with van der Waals surface area (Å²) in [6, 6.07) is 3.16. The maximum Gasteiger partial charge on any atom is 0.338 e. The second-order valence-corrected chi connectivity index (χ2v) is 9.31. The first-order valence-electron chi connectivity index (χ1n) is 11.2. The van der Waals surface area contributed by atoms with E-state index in [9.17, 15) is 9.90 Å². The van der Waals surface area contributed by atoms with Crippen LogP contribution in [0.15, 0.2) is 23.8 Å². The van der Waals surface area contributed by atoms with Crippen molar-refractivity contribution in [3.8, 4) is 17.2 Å². The summed E-state index contributed by atoms with van der Waals surface area (Å²) in [5.74, 6) is 0.477. The third-order valence-corrected chi connectivity index (χ3v) is 6.66. The molecule has 1 aromatic carbocycles. The molecule has 1 aliphatic carbocycles. The number of allylic oxidation sites excluding steroid dienone is 1. The van der Waals surface area contributed by atoms with Gasteiger partial charge in [0.25, 0.3) is 0 Å². The minimum Gasteiger partial charge on any atom is -0.493 e. The maximum absolute atomic E-state index is 13.2. The molecule has 0 unspecified atom stereocenters. The summed E-state index contributed by atoms with van der Waals surface area (Å²) >= 11 is 0. The van der Waals surface area contributed by atoms with E-state index < -0.39 is 18.2 Å². The van der Waals surface area contributed by atoms with E-state index in [1.54, 1.807) is 12.1 Å². The predicted octanol–water partition coefficient (Wildman–Crippen LogP) is 4.16. The molecular formula is C25H36O7. The highest BCUT2D eigenvalue weighted by Gasteiger charge is 2.58. The van der Waals surface area contributed by atoms with Gasteiger partial charge in [-0.05, 0) is 44.7 Å². The maximum atomic E-state index is 13.2. The van der Waals surface area contributed by atoms with Crippen molar-refractivity contribution < 1.29 is 33.6 Å². The Morgan fingerprint density at radius 3 is 2.31 bits per heavy atom. The van der Waals surface area contributed by atoms with Gasteiger partial charge < -0.3 is 28.8 Å². The lowest BCUT2D eigenvalue weighted by Gasteiger charge is -2.34. The molecule has 178 valence electrons.